The van der Waals surface area contributed by atoms with E-state index in [1.165, 1.54) is 74.1 Å². The number of nitrogens with one attached hydrogen (secondary N) is 6. The smallest absolute Gasteiger partial charge is 0.248 e. The number of carbonyl (C=O) groups excluding carboxylic acids is 7. The minimum absolute atomic E-state index is 0.000740. The van der Waals surface area contributed by atoms with E-state index < -0.39 is 131 Å². The van der Waals surface area contributed by atoms with Gasteiger partial charge >= 0.3 is 0 Å². The normalized spacial score (nSPS) is 28.5. The van der Waals surface area contributed by atoms with Crippen LogP contribution in [0.25, 0.3) is 11.1 Å². The average molecular weight is 1140 g/mol. The van der Waals surface area contributed by atoms with E-state index in [-0.39, 0.29) is 73.4 Å². The fourth-order valence-electron chi connectivity index (χ4n) is 13.1. The number of nitrogens with two attached hydrogens (primary N) is 2. The van der Waals surface area contributed by atoms with Crippen LogP contribution >= 0.6 is 11.6 Å². The molecule has 4 fully saturated rings. The molecule has 5 aromatic rings. The quantitative estimate of drug-likeness (QED) is 0.120. The lowest BCUT2D eigenvalue weighted by Gasteiger charge is -2.54. The Hall–Kier alpha value is -8.64. The molecule has 5 aromatic carbocycles. The molecule has 5 heterocycles. The molecule has 0 aromatic heterocycles. The molecule has 0 unspecified atom stereocenters. The van der Waals surface area contributed by atoms with Gasteiger partial charge in [-0.05, 0) is 151 Å². The van der Waals surface area contributed by atoms with Crippen molar-refractivity contribution in [2.75, 3.05) is 7.05 Å². The van der Waals surface area contributed by atoms with Crippen molar-refractivity contribution in [3.05, 3.63) is 117 Å². The molecule has 23 nitrogen and oxygen atoms in total. The van der Waals surface area contributed by atoms with E-state index in [1.54, 1.807) is 0 Å². The van der Waals surface area contributed by atoms with Crippen LogP contribution in [-0.2, 0) is 40.0 Å². The van der Waals surface area contributed by atoms with E-state index in [2.05, 4.69) is 31.9 Å². The van der Waals surface area contributed by atoms with E-state index in [4.69, 9.17) is 32.5 Å². The number of aliphatic hydroxyl groups is 2. The number of amides is 7. The van der Waals surface area contributed by atoms with E-state index in [0.717, 1.165) is 43.9 Å². The highest BCUT2D eigenvalue weighted by molar-refractivity contribution is 6.32. The number of hydrogen-bond acceptors (Lipinski definition) is 16. The van der Waals surface area contributed by atoms with Crippen LogP contribution in [0.2, 0.25) is 5.02 Å². The Morgan fingerprint density at radius 1 is 0.634 bits per heavy atom. The van der Waals surface area contributed by atoms with Gasteiger partial charge in [0.2, 0.25) is 47.1 Å². The first-order valence-electron chi connectivity index (χ1n) is 26.8. The summed E-state index contributed by atoms with van der Waals surface area (Å²) in [5, 5.41) is 86.7. The second kappa shape index (κ2) is 21.7. The van der Waals surface area contributed by atoms with Crippen LogP contribution in [0, 0.1) is 29.6 Å². The summed E-state index contributed by atoms with van der Waals surface area (Å²) >= 11 is 6.66. The number of halogens is 1. The zero-order chi connectivity index (χ0) is 58.2. The van der Waals surface area contributed by atoms with Gasteiger partial charge in [0.05, 0.1) is 11.4 Å². The third kappa shape index (κ3) is 10.3. The van der Waals surface area contributed by atoms with Crippen molar-refractivity contribution < 1.29 is 73.7 Å². The number of benzene rings is 5. The van der Waals surface area contributed by atoms with Crippen molar-refractivity contribution in [2.24, 2.45) is 41.1 Å². The highest BCUT2D eigenvalue weighted by Gasteiger charge is 2.49. The number of phenolic OH excluding ortho intramolecular Hbond substituents is 4. The number of aromatic hydroxyl groups is 4. The second-order valence-corrected chi connectivity index (χ2v) is 22.6. The summed E-state index contributed by atoms with van der Waals surface area (Å²) in [7, 11) is 1.28. The maximum absolute atomic E-state index is 15.5. The number of hydrogen-bond donors (Lipinski definition) is 14. The number of aliphatic hydroxyl groups excluding tert-OH is 2. The van der Waals surface area contributed by atoms with Crippen molar-refractivity contribution in [1.82, 2.24) is 31.9 Å². The van der Waals surface area contributed by atoms with Gasteiger partial charge in [0.1, 0.15) is 77.2 Å². The largest absolute Gasteiger partial charge is 0.508 e. The number of phenols is 4. The van der Waals surface area contributed by atoms with E-state index in [1.807, 2.05) is 0 Å². The van der Waals surface area contributed by atoms with E-state index >= 15 is 9.59 Å². The molecule has 4 saturated carbocycles. The molecule has 14 rings (SSSR count). The topological polar surface area (TPSA) is 384 Å². The summed E-state index contributed by atoms with van der Waals surface area (Å²) in [6.45, 7) is 0. The number of rotatable bonds is 5. The molecule has 5 aliphatic heterocycles. The fraction of sp³-hybridized carbons (Fsp3) is 0.362. The average Bonchev–Trinajstić information content (AvgIpc) is 2.68. The first-order chi connectivity index (χ1) is 39.1. The minimum Gasteiger partial charge on any atom is -0.508 e. The predicted molar refractivity (Wildman–Crippen MR) is 290 cm³/mol. The van der Waals surface area contributed by atoms with Gasteiger partial charge in [-0.3, -0.25) is 33.6 Å². The standard InChI is InChI=1S/C58H59ClN8O15/c1-62-55(77)47-34-20-38(69)33(19-31-27-11-22-10-23(13-27)14-28(31)12-22)51(73)43(34)32-15-25(4-8-37(32)68)45-56(78)67-48(58(80)66-47)50(72)24-2-6-30(7-3-24)81-40-17-29-18-41(52(40)74)82-39-9-5-26(16-35(39)59)49(71)44(61)54(76)63-36(21-42(60)70)53(75)64-46(29)57(79)65-45/h2-9,15-18,20,22-23,27-28,31,36,44-50,68-69,71-74H,10-14,19,21,61H2,1H3,(H2,60,70)(H,62,77)(H,63,76)(H,64,75)(H,65,79)(H,66,80)(H,67,78)/t22?,23?,27?,28?,31?,36-,44+,45+,46+,47-,48-,49+,50+/m0/s1. The SMILES string of the molecule is CNC(=O)[C@H]1NC(=O)[C@H]2NC(=O)[C@H](NC(=O)[C@@H]3NC(=O)[C@H](CC(N)=O)NC(=O)[C@H](N)[C@H](O)c4ccc(c(Cl)c4)Oc4cc3cc(c4O)Oc3ccc(cc3)[C@H]2O)c2ccc(O)c(c2)-c2c1cc(O)c(CC1C3CC4CC(C3)CC1C4)c2O. The Balaban J connectivity index is 1.10. The molecular weight excluding hydrogens is 1080 g/mol. The van der Waals surface area contributed by atoms with Gasteiger partial charge in [0.15, 0.2) is 11.5 Å². The fourth-order valence-corrected chi connectivity index (χ4v) is 13.4. The van der Waals surface area contributed by atoms with Crippen molar-refractivity contribution in [2.45, 2.75) is 93.4 Å². The van der Waals surface area contributed by atoms with Crippen LogP contribution in [0.5, 0.6) is 46.0 Å². The highest BCUT2D eigenvalue weighted by atomic mass is 35.5. The van der Waals surface area contributed by atoms with Gasteiger partial charge in [0.25, 0.3) is 0 Å². The number of primary amides is 1. The summed E-state index contributed by atoms with van der Waals surface area (Å²) in [6.07, 6.45) is 0.873. The lowest BCUT2D eigenvalue weighted by molar-refractivity contribution is -0.137. The van der Waals surface area contributed by atoms with Crippen LogP contribution in [0.1, 0.15) is 102 Å². The number of ether oxygens (including phenoxy) is 2. The third-order valence-electron chi connectivity index (χ3n) is 17.0. The molecule has 16 N–H and O–H groups in total. The number of carbonyl (C=O) groups is 7. The Bertz CT molecular complexity index is 3460. The van der Waals surface area contributed by atoms with Gasteiger partial charge in [0, 0.05) is 23.7 Å². The zero-order valence-corrected chi connectivity index (χ0v) is 44.6. The lowest BCUT2D eigenvalue weighted by atomic mass is 9.51. The monoisotopic (exact) mass is 1140 g/mol. The van der Waals surface area contributed by atoms with Gasteiger partial charge < -0.3 is 83.5 Å². The molecular formula is C58H59ClN8O15. The molecule has 428 valence electrons. The maximum Gasteiger partial charge on any atom is 0.248 e. The van der Waals surface area contributed by atoms with E-state index in [0.29, 0.717) is 23.7 Å². The highest BCUT2D eigenvalue weighted by Crippen LogP contribution is 2.59. The summed E-state index contributed by atoms with van der Waals surface area (Å²) in [5.41, 5.74) is 10.9. The van der Waals surface area contributed by atoms with Crippen molar-refractivity contribution in [3.8, 4) is 57.1 Å². The van der Waals surface area contributed by atoms with Crippen LogP contribution < -0.4 is 52.8 Å². The van der Waals surface area contributed by atoms with Crippen LogP contribution in [0.3, 0.4) is 0 Å². The Labute approximate surface area is 472 Å². The summed E-state index contributed by atoms with van der Waals surface area (Å²) < 4.78 is 12.3. The second-order valence-electron chi connectivity index (χ2n) is 22.2. The lowest BCUT2D eigenvalue weighted by Crippen LogP contribution is -2.56. The molecule has 8 atom stereocenters. The Morgan fingerprint density at radius 2 is 1.26 bits per heavy atom. The molecule has 9 aliphatic rings. The zero-order valence-electron chi connectivity index (χ0n) is 43.9. The number of fused-ring (bicyclic) bond motifs is 15. The Kier molecular flexibility index (Phi) is 14.6. The first-order valence-corrected chi connectivity index (χ1v) is 27.2. The summed E-state index contributed by atoms with van der Waals surface area (Å²) in [5.74, 6) is -9.17. The Morgan fingerprint density at radius 3 is 1.91 bits per heavy atom. The van der Waals surface area contributed by atoms with Gasteiger partial charge in [-0.2, -0.15) is 0 Å². The van der Waals surface area contributed by atoms with Crippen molar-refractivity contribution in [1.29, 1.82) is 0 Å². The number of likely N-dealkylation sites (N-methyl/N-ethyl adjacent to an activating group) is 1. The van der Waals surface area contributed by atoms with Gasteiger partial charge in [-0.15, -0.1) is 0 Å². The molecule has 4 aliphatic carbocycles. The molecule has 0 saturated heterocycles. The summed E-state index contributed by atoms with van der Waals surface area (Å²) in [6, 6.07) is 4.79. The summed E-state index contributed by atoms with van der Waals surface area (Å²) in [4.78, 5) is 101. The molecule has 15 bridgehead atoms. The minimum atomic E-state index is -2.05. The predicted octanol–water partition coefficient (Wildman–Crippen LogP) is 3.23. The maximum atomic E-state index is 15.5. The third-order valence-corrected chi connectivity index (χ3v) is 17.3. The van der Waals surface area contributed by atoms with Crippen LogP contribution in [-0.4, -0.2) is 97.2 Å². The van der Waals surface area contributed by atoms with Gasteiger partial charge in [-0.25, -0.2) is 0 Å². The van der Waals surface area contributed by atoms with Gasteiger partial charge in [-0.1, -0.05) is 35.9 Å². The van der Waals surface area contributed by atoms with Crippen molar-refractivity contribution >= 4 is 53.0 Å². The van der Waals surface area contributed by atoms with E-state index in [9.17, 15) is 54.6 Å². The van der Waals surface area contributed by atoms with Crippen LogP contribution in [0.4, 0.5) is 0 Å². The first kappa shape index (κ1) is 55.3. The molecule has 24 heteroatoms. The van der Waals surface area contributed by atoms with Crippen molar-refractivity contribution in [3.63, 3.8) is 0 Å². The molecule has 0 radical (unpaired) electrons. The molecule has 82 heavy (non-hydrogen) atoms. The molecule has 7 amide bonds. The van der Waals surface area contributed by atoms with Crippen LogP contribution in [0.15, 0.2) is 78.9 Å². The molecule has 0 spiro atoms.